The fourth-order valence-electron chi connectivity index (χ4n) is 1.61. The molecule has 0 aliphatic carbocycles. The lowest BCUT2D eigenvalue weighted by atomic mass is 10.3. The van der Waals surface area contributed by atoms with Gasteiger partial charge in [0.1, 0.15) is 5.82 Å². The first kappa shape index (κ1) is 14.7. The first-order valence-electron chi connectivity index (χ1n) is 5.71. The Bertz CT molecular complexity index is 734. The zero-order chi connectivity index (χ0) is 14.8. The molecule has 0 saturated carbocycles. The fourth-order valence-corrected chi connectivity index (χ4v) is 2.33. The molecule has 0 spiro atoms. The topological polar surface area (TPSA) is 98.0 Å². The van der Waals surface area contributed by atoms with Gasteiger partial charge in [-0.3, -0.25) is 0 Å². The van der Waals surface area contributed by atoms with Gasteiger partial charge in [0.05, 0.1) is 27.8 Å². The van der Waals surface area contributed by atoms with Crippen LogP contribution in [0.15, 0.2) is 35.4 Å². The maximum absolute atomic E-state index is 11.3. The molecule has 2 aromatic rings. The molecule has 0 aliphatic rings. The van der Waals surface area contributed by atoms with Gasteiger partial charge in [-0.25, -0.2) is 23.5 Å². The van der Waals surface area contributed by atoms with Gasteiger partial charge in [0.25, 0.3) is 0 Å². The number of hydrogen-bond donors (Lipinski definition) is 2. The fraction of sp³-hybridized carbons (Fsp3) is 0.167. The zero-order valence-corrected chi connectivity index (χ0v) is 12.2. The molecule has 1 aromatic heterocycles. The highest BCUT2D eigenvalue weighted by Gasteiger charge is 2.10. The largest absolute Gasteiger partial charge is 0.378 e. The molecule has 0 radical (unpaired) electrons. The molecular formula is C12H13ClN4O2S. The normalized spacial score (nSPS) is 11.3. The van der Waals surface area contributed by atoms with Crippen molar-refractivity contribution in [2.45, 2.75) is 18.4 Å². The summed E-state index contributed by atoms with van der Waals surface area (Å²) < 4.78 is 22.6. The van der Waals surface area contributed by atoms with Crippen molar-refractivity contribution in [2.75, 3.05) is 5.32 Å². The molecule has 0 fully saturated rings. The van der Waals surface area contributed by atoms with Crippen LogP contribution in [0.1, 0.15) is 11.5 Å². The SMILES string of the molecule is Cc1nccc(CNc2cc(S(N)(=O)=O)ccc2Cl)n1. The van der Waals surface area contributed by atoms with Crippen molar-refractivity contribution in [3.8, 4) is 0 Å². The lowest BCUT2D eigenvalue weighted by Crippen LogP contribution is -2.12. The minimum Gasteiger partial charge on any atom is -0.378 e. The van der Waals surface area contributed by atoms with E-state index in [2.05, 4.69) is 15.3 Å². The maximum Gasteiger partial charge on any atom is 0.238 e. The van der Waals surface area contributed by atoms with Gasteiger partial charge in [-0.15, -0.1) is 0 Å². The summed E-state index contributed by atoms with van der Waals surface area (Å²) in [5.74, 6) is 0.661. The number of nitrogens with one attached hydrogen (secondary N) is 1. The lowest BCUT2D eigenvalue weighted by molar-refractivity contribution is 0.598. The second-order valence-electron chi connectivity index (χ2n) is 4.14. The van der Waals surface area contributed by atoms with Crippen LogP contribution in [-0.4, -0.2) is 18.4 Å². The van der Waals surface area contributed by atoms with Gasteiger partial charge >= 0.3 is 0 Å². The molecule has 8 heteroatoms. The van der Waals surface area contributed by atoms with Crippen LogP contribution in [0.2, 0.25) is 5.02 Å². The standard InChI is InChI=1S/C12H13ClN4O2S/c1-8-15-5-4-9(17-8)7-16-12-6-10(20(14,18)19)2-3-11(12)13/h2-6,16H,7H2,1H3,(H2,14,18,19). The predicted molar refractivity (Wildman–Crippen MR) is 76.9 cm³/mol. The van der Waals surface area contributed by atoms with Crippen LogP contribution in [0.4, 0.5) is 5.69 Å². The highest BCUT2D eigenvalue weighted by atomic mass is 35.5. The second-order valence-corrected chi connectivity index (χ2v) is 6.10. The number of nitrogens with zero attached hydrogens (tertiary/aromatic N) is 2. The molecule has 6 nitrogen and oxygen atoms in total. The van der Waals surface area contributed by atoms with E-state index in [4.69, 9.17) is 16.7 Å². The number of halogens is 1. The van der Waals surface area contributed by atoms with Gasteiger partial charge in [0.15, 0.2) is 0 Å². The van der Waals surface area contributed by atoms with E-state index >= 15 is 0 Å². The quantitative estimate of drug-likeness (QED) is 0.895. The molecule has 0 aliphatic heterocycles. The smallest absolute Gasteiger partial charge is 0.238 e. The van der Waals surface area contributed by atoms with Crippen molar-refractivity contribution in [1.82, 2.24) is 9.97 Å². The number of aromatic nitrogens is 2. The van der Waals surface area contributed by atoms with Crippen LogP contribution in [0.5, 0.6) is 0 Å². The molecule has 3 N–H and O–H groups in total. The molecule has 1 heterocycles. The van der Waals surface area contributed by atoms with Crippen LogP contribution in [0, 0.1) is 6.92 Å². The summed E-state index contributed by atoms with van der Waals surface area (Å²) >= 11 is 6.01. The van der Waals surface area contributed by atoms with Crippen molar-refractivity contribution >= 4 is 27.3 Å². The van der Waals surface area contributed by atoms with Crippen LogP contribution in [0.25, 0.3) is 0 Å². The number of benzene rings is 1. The third-order valence-corrected chi connectivity index (χ3v) is 3.80. The lowest BCUT2D eigenvalue weighted by Gasteiger charge is -2.09. The van der Waals surface area contributed by atoms with E-state index in [1.807, 2.05) is 0 Å². The average Bonchev–Trinajstić information content (AvgIpc) is 2.36. The van der Waals surface area contributed by atoms with Crippen molar-refractivity contribution in [2.24, 2.45) is 5.14 Å². The number of sulfonamides is 1. The van der Waals surface area contributed by atoms with E-state index < -0.39 is 10.0 Å². The zero-order valence-electron chi connectivity index (χ0n) is 10.7. The van der Waals surface area contributed by atoms with E-state index in [-0.39, 0.29) is 4.90 Å². The third kappa shape index (κ3) is 3.66. The second kappa shape index (κ2) is 5.74. The molecule has 2 rings (SSSR count). The molecule has 1 aromatic carbocycles. The van der Waals surface area contributed by atoms with Crippen molar-refractivity contribution in [3.05, 3.63) is 47.0 Å². The highest BCUT2D eigenvalue weighted by Crippen LogP contribution is 2.25. The van der Waals surface area contributed by atoms with Gasteiger partial charge in [0, 0.05) is 6.20 Å². The van der Waals surface area contributed by atoms with Crippen molar-refractivity contribution in [3.63, 3.8) is 0 Å². The Kier molecular flexibility index (Phi) is 4.22. The number of anilines is 1. The van der Waals surface area contributed by atoms with Crippen molar-refractivity contribution in [1.29, 1.82) is 0 Å². The summed E-state index contributed by atoms with van der Waals surface area (Å²) in [7, 11) is -3.76. The highest BCUT2D eigenvalue weighted by molar-refractivity contribution is 7.89. The van der Waals surface area contributed by atoms with Crippen LogP contribution in [0.3, 0.4) is 0 Å². The Balaban J connectivity index is 2.21. The van der Waals surface area contributed by atoms with Gasteiger partial charge in [-0.2, -0.15) is 0 Å². The van der Waals surface area contributed by atoms with Crippen LogP contribution >= 0.6 is 11.6 Å². The monoisotopic (exact) mass is 312 g/mol. The summed E-state index contributed by atoms with van der Waals surface area (Å²) in [6.45, 7) is 2.19. The van der Waals surface area contributed by atoms with E-state index in [1.54, 1.807) is 19.2 Å². The number of hydrogen-bond acceptors (Lipinski definition) is 5. The maximum atomic E-state index is 11.3. The molecule has 20 heavy (non-hydrogen) atoms. The minimum atomic E-state index is -3.76. The Hall–Kier alpha value is -1.70. The van der Waals surface area contributed by atoms with E-state index in [1.165, 1.54) is 18.2 Å². The minimum absolute atomic E-state index is 0.00303. The van der Waals surface area contributed by atoms with Gasteiger partial charge in [-0.1, -0.05) is 11.6 Å². The van der Waals surface area contributed by atoms with Gasteiger partial charge < -0.3 is 5.32 Å². The Morgan fingerprint density at radius 3 is 2.75 bits per heavy atom. The molecule has 0 bridgehead atoms. The average molecular weight is 313 g/mol. The predicted octanol–water partition coefficient (Wildman–Crippen LogP) is 1.70. The molecule has 0 unspecified atom stereocenters. The summed E-state index contributed by atoms with van der Waals surface area (Å²) in [6, 6.07) is 6.00. The summed E-state index contributed by atoms with van der Waals surface area (Å²) in [4.78, 5) is 8.23. The third-order valence-electron chi connectivity index (χ3n) is 2.56. The Morgan fingerprint density at radius 2 is 2.10 bits per heavy atom. The number of nitrogens with two attached hydrogens (primary N) is 1. The molecule has 0 atom stereocenters. The summed E-state index contributed by atoms with van der Waals surface area (Å²) in [6.07, 6.45) is 1.65. The first-order chi connectivity index (χ1) is 9.36. The number of primary sulfonamides is 1. The van der Waals surface area contributed by atoms with Gasteiger partial charge in [-0.05, 0) is 31.2 Å². The van der Waals surface area contributed by atoms with Gasteiger partial charge in [0.2, 0.25) is 10.0 Å². The number of aryl methyl sites for hydroxylation is 1. The van der Waals surface area contributed by atoms with E-state index in [0.717, 1.165) is 5.69 Å². The van der Waals surface area contributed by atoms with E-state index in [0.29, 0.717) is 23.1 Å². The van der Waals surface area contributed by atoms with E-state index in [9.17, 15) is 8.42 Å². The molecule has 0 saturated heterocycles. The molecular weight excluding hydrogens is 300 g/mol. The number of rotatable bonds is 4. The van der Waals surface area contributed by atoms with Crippen LogP contribution in [-0.2, 0) is 16.6 Å². The summed E-state index contributed by atoms with van der Waals surface area (Å²) in [5, 5.41) is 8.52. The Morgan fingerprint density at radius 1 is 1.35 bits per heavy atom. The first-order valence-corrected chi connectivity index (χ1v) is 7.63. The van der Waals surface area contributed by atoms with Crippen molar-refractivity contribution < 1.29 is 8.42 Å². The Labute approximate surface area is 122 Å². The molecule has 0 amide bonds. The molecule has 106 valence electrons. The summed E-state index contributed by atoms with van der Waals surface area (Å²) in [5.41, 5.74) is 1.25. The van der Waals surface area contributed by atoms with Crippen LogP contribution < -0.4 is 10.5 Å².